The van der Waals surface area contributed by atoms with Crippen molar-refractivity contribution in [1.82, 2.24) is 4.90 Å². The summed E-state index contributed by atoms with van der Waals surface area (Å²) < 4.78 is 0. The van der Waals surface area contributed by atoms with E-state index in [2.05, 4.69) is 67.5 Å². The van der Waals surface area contributed by atoms with Gasteiger partial charge < -0.3 is 4.90 Å². The van der Waals surface area contributed by atoms with E-state index < -0.39 is 0 Å². The zero-order valence-corrected chi connectivity index (χ0v) is 16.4. The van der Waals surface area contributed by atoms with E-state index >= 15 is 0 Å². The van der Waals surface area contributed by atoms with Gasteiger partial charge in [-0.3, -0.25) is 0 Å². The monoisotopic (exact) mass is 365 g/mol. The van der Waals surface area contributed by atoms with Crippen LogP contribution >= 0.6 is 35.1 Å². The third kappa shape index (κ3) is 5.46. The summed E-state index contributed by atoms with van der Waals surface area (Å²) in [4.78, 5) is 4.94. The smallest absolute Gasteiger partial charge is 0.0495 e. The highest BCUT2D eigenvalue weighted by molar-refractivity contribution is 7.99. The second-order valence-corrected chi connectivity index (χ2v) is 7.70. The average molecular weight is 366 g/mol. The molecular weight excluding hydrogens is 342 g/mol. The first kappa shape index (κ1) is 18.7. The topological polar surface area (TPSA) is 3.24 Å². The van der Waals surface area contributed by atoms with Gasteiger partial charge in [-0.1, -0.05) is 43.6 Å². The first-order valence-electron chi connectivity index (χ1n) is 7.97. The maximum atomic E-state index is 6.52. The Kier molecular flexibility index (Phi) is 7.84. The van der Waals surface area contributed by atoms with Crippen LogP contribution < -0.4 is 0 Å². The van der Waals surface area contributed by atoms with Gasteiger partial charge >= 0.3 is 0 Å². The number of hydrogen-bond donors (Lipinski definition) is 0. The van der Waals surface area contributed by atoms with Crippen molar-refractivity contribution in [1.29, 1.82) is 0 Å². The quantitative estimate of drug-likeness (QED) is 0.515. The summed E-state index contributed by atoms with van der Waals surface area (Å²) in [6.07, 6.45) is 2.09. The lowest BCUT2D eigenvalue weighted by Gasteiger charge is -2.17. The van der Waals surface area contributed by atoms with Crippen molar-refractivity contribution in [2.24, 2.45) is 0 Å². The molecule has 0 amide bonds. The fourth-order valence-corrected chi connectivity index (χ4v) is 4.21. The zero-order chi connectivity index (χ0) is 16.7. The van der Waals surface area contributed by atoms with Crippen molar-refractivity contribution >= 4 is 35.1 Å². The number of hydrogen-bond acceptors (Lipinski definition) is 3. The molecule has 0 aliphatic rings. The highest BCUT2D eigenvalue weighted by Crippen LogP contribution is 2.33. The fourth-order valence-electron chi connectivity index (χ4n) is 2.44. The Morgan fingerprint density at radius 1 is 1.00 bits per heavy atom. The molecule has 0 saturated carbocycles. The summed E-state index contributed by atoms with van der Waals surface area (Å²) in [6, 6.07) is 14.9. The Balaban J connectivity index is 2.05. The van der Waals surface area contributed by atoms with E-state index in [4.69, 9.17) is 11.6 Å². The van der Waals surface area contributed by atoms with E-state index in [-0.39, 0.29) is 0 Å². The van der Waals surface area contributed by atoms with Crippen molar-refractivity contribution in [2.75, 3.05) is 31.6 Å². The van der Waals surface area contributed by atoms with Crippen LogP contribution in [0.2, 0.25) is 5.02 Å². The standard InChI is InChI=1S/C19H24ClNS2/c1-4-21(5-2)11-12-23-17-9-10-18(19(20)14-17)15-7-6-8-16(13-15)22-3/h6-10,13-14H,4-5,11-12H2,1-3H3. The Morgan fingerprint density at radius 2 is 1.78 bits per heavy atom. The van der Waals surface area contributed by atoms with Crippen molar-refractivity contribution in [3.05, 3.63) is 47.5 Å². The lowest BCUT2D eigenvalue weighted by molar-refractivity contribution is 0.324. The van der Waals surface area contributed by atoms with Crippen LogP contribution in [0.1, 0.15) is 13.8 Å². The van der Waals surface area contributed by atoms with E-state index in [1.54, 1.807) is 11.8 Å². The van der Waals surface area contributed by atoms with Gasteiger partial charge in [0.05, 0.1) is 0 Å². The van der Waals surface area contributed by atoms with Crippen molar-refractivity contribution in [2.45, 2.75) is 23.6 Å². The molecule has 0 heterocycles. The number of halogens is 1. The molecule has 0 unspecified atom stereocenters. The molecule has 2 rings (SSSR count). The Labute approximate surface area is 153 Å². The minimum atomic E-state index is 0.830. The summed E-state index contributed by atoms with van der Waals surface area (Å²) >= 11 is 10.2. The van der Waals surface area contributed by atoms with Gasteiger partial charge in [0.1, 0.15) is 0 Å². The number of rotatable bonds is 8. The average Bonchev–Trinajstić information content (AvgIpc) is 2.59. The highest BCUT2D eigenvalue weighted by atomic mass is 35.5. The molecule has 124 valence electrons. The molecule has 23 heavy (non-hydrogen) atoms. The predicted molar refractivity (Wildman–Crippen MR) is 107 cm³/mol. The van der Waals surface area contributed by atoms with Gasteiger partial charge in [0.15, 0.2) is 0 Å². The van der Waals surface area contributed by atoms with E-state index in [9.17, 15) is 0 Å². The maximum absolute atomic E-state index is 6.52. The number of thioether (sulfide) groups is 2. The highest BCUT2D eigenvalue weighted by Gasteiger charge is 2.07. The van der Waals surface area contributed by atoms with E-state index in [1.165, 1.54) is 15.4 Å². The molecule has 0 saturated heterocycles. The van der Waals surface area contributed by atoms with Gasteiger partial charge in [0.2, 0.25) is 0 Å². The zero-order valence-electron chi connectivity index (χ0n) is 14.0. The van der Waals surface area contributed by atoms with Gasteiger partial charge in [0, 0.05) is 32.7 Å². The SMILES string of the molecule is CCN(CC)CCSc1ccc(-c2cccc(SC)c2)c(Cl)c1. The summed E-state index contributed by atoms with van der Waals surface area (Å²) in [7, 11) is 0. The molecular formula is C19H24ClNS2. The molecule has 0 bridgehead atoms. The second kappa shape index (κ2) is 9.63. The Bertz CT molecular complexity index is 627. The van der Waals surface area contributed by atoms with E-state index in [1.807, 2.05) is 11.8 Å². The third-order valence-electron chi connectivity index (χ3n) is 3.89. The third-order valence-corrected chi connectivity index (χ3v) is 5.90. The van der Waals surface area contributed by atoms with Gasteiger partial charge in [-0.15, -0.1) is 23.5 Å². The molecule has 4 heteroatoms. The van der Waals surface area contributed by atoms with Crippen LogP contribution in [0.4, 0.5) is 0 Å². The summed E-state index contributed by atoms with van der Waals surface area (Å²) in [6.45, 7) is 7.77. The van der Waals surface area contributed by atoms with Crippen LogP contribution in [0, 0.1) is 0 Å². The lowest BCUT2D eigenvalue weighted by atomic mass is 10.1. The fraction of sp³-hybridized carbons (Fsp3) is 0.368. The maximum Gasteiger partial charge on any atom is 0.0495 e. The van der Waals surface area contributed by atoms with Crippen molar-refractivity contribution < 1.29 is 0 Å². The molecule has 0 aliphatic heterocycles. The Morgan fingerprint density at radius 3 is 2.43 bits per heavy atom. The Hall–Kier alpha value is -0.610. The van der Waals surface area contributed by atoms with E-state index in [0.717, 1.165) is 36.0 Å². The molecule has 0 aromatic heterocycles. The molecule has 0 fully saturated rings. The van der Waals surface area contributed by atoms with Crippen LogP contribution in [-0.2, 0) is 0 Å². The van der Waals surface area contributed by atoms with Crippen molar-refractivity contribution in [3.63, 3.8) is 0 Å². The molecule has 0 spiro atoms. The van der Waals surface area contributed by atoms with Crippen LogP contribution in [0.25, 0.3) is 11.1 Å². The second-order valence-electron chi connectivity index (χ2n) is 5.25. The molecule has 0 aliphatic carbocycles. The van der Waals surface area contributed by atoms with Crippen LogP contribution in [0.3, 0.4) is 0 Å². The predicted octanol–water partition coefficient (Wildman–Crippen LogP) is 6.16. The molecule has 0 atom stereocenters. The van der Waals surface area contributed by atoms with Gasteiger partial charge in [-0.25, -0.2) is 0 Å². The summed E-state index contributed by atoms with van der Waals surface area (Å²) in [5.41, 5.74) is 2.29. The largest absolute Gasteiger partial charge is 0.303 e. The summed E-state index contributed by atoms with van der Waals surface area (Å²) in [5, 5.41) is 0.830. The van der Waals surface area contributed by atoms with Gasteiger partial charge in [-0.05, 0) is 49.2 Å². The molecule has 0 N–H and O–H groups in total. The molecule has 2 aromatic carbocycles. The normalized spacial score (nSPS) is 11.2. The number of benzene rings is 2. The first-order chi connectivity index (χ1) is 11.2. The minimum absolute atomic E-state index is 0.830. The summed E-state index contributed by atoms with van der Waals surface area (Å²) in [5.74, 6) is 1.10. The van der Waals surface area contributed by atoms with Crippen LogP contribution in [-0.4, -0.2) is 36.5 Å². The molecule has 1 nitrogen and oxygen atoms in total. The minimum Gasteiger partial charge on any atom is -0.303 e. The lowest BCUT2D eigenvalue weighted by Crippen LogP contribution is -2.25. The van der Waals surface area contributed by atoms with Gasteiger partial charge in [-0.2, -0.15) is 0 Å². The van der Waals surface area contributed by atoms with E-state index in [0.29, 0.717) is 0 Å². The first-order valence-corrected chi connectivity index (χ1v) is 10.6. The number of nitrogens with zero attached hydrogens (tertiary/aromatic N) is 1. The van der Waals surface area contributed by atoms with Crippen LogP contribution in [0.5, 0.6) is 0 Å². The molecule has 2 aromatic rings. The van der Waals surface area contributed by atoms with Gasteiger partial charge in [0.25, 0.3) is 0 Å². The van der Waals surface area contributed by atoms with Crippen LogP contribution in [0.15, 0.2) is 52.3 Å². The van der Waals surface area contributed by atoms with Crippen molar-refractivity contribution in [3.8, 4) is 11.1 Å². The molecule has 0 radical (unpaired) electrons.